The molecule has 62 valence electrons. The van der Waals surface area contributed by atoms with Crippen molar-refractivity contribution in [2.24, 2.45) is 11.3 Å². The van der Waals surface area contributed by atoms with Crippen molar-refractivity contribution in [3.63, 3.8) is 0 Å². The average Bonchev–Trinajstić information content (AvgIpc) is 1.86. The third kappa shape index (κ3) is 2.67. The van der Waals surface area contributed by atoms with Crippen molar-refractivity contribution < 1.29 is 10.2 Å². The molecule has 0 aliphatic carbocycles. The van der Waals surface area contributed by atoms with Gasteiger partial charge in [0.15, 0.2) is 0 Å². The average molecular weight is 146 g/mol. The van der Waals surface area contributed by atoms with Crippen LogP contribution in [0.1, 0.15) is 27.2 Å². The van der Waals surface area contributed by atoms with Crippen LogP contribution in [-0.2, 0) is 0 Å². The van der Waals surface area contributed by atoms with Crippen LogP contribution in [-0.4, -0.2) is 23.4 Å². The summed E-state index contributed by atoms with van der Waals surface area (Å²) in [5.41, 5.74) is 0.0590. The standard InChI is InChI=1S/C8H18O2/c1-7(6-10)8(2,3)4-5-9/h7,9-10H,4-6H2,1-3H3. The first kappa shape index (κ1) is 9.92. The van der Waals surface area contributed by atoms with Crippen LogP contribution in [0, 0.1) is 11.3 Å². The normalized spacial score (nSPS) is 15.3. The Labute approximate surface area is 62.9 Å². The topological polar surface area (TPSA) is 40.5 Å². The highest BCUT2D eigenvalue weighted by atomic mass is 16.3. The summed E-state index contributed by atoms with van der Waals surface area (Å²) in [5, 5.41) is 17.5. The minimum absolute atomic E-state index is 0.0590. The highest BCUT2D eigenvalue weighted by Gasteiger charge is 2.23. The number of rotatable bonds is 4. The van der Waals surface area contributed by atoms with Crippen LogP contribution in [0.4, 0.5) is 0 Å². The van der Waals surface area contributed by atoms with E-state index in [4.69, 9.17) is 10.2 Å². The lowest BCUT2D eigenvalue weighted by Crippen LogP contribution is -2.25. The Morgan fingerprint density at radius 2 is 1.80 bits per heavy atom. The van der Waals surface area contributed by atoms with Gasteiger partial charge in [-0.15, -0.1) is 0 Å². The summed E-state index contributed by atoms with van der Waals surface area (Å²) in [7, 11) is 0. The molecule has 0 fully saturated rings. The van der Waals surface area contributed by atoms with E-state index in [9.17, 15) is 0 Å². The molecule has 0 spiro atoms. The number of hydrogen-bond acceptors (Lipinski definition) is 2. The van der Waals surface area contributed by atoms with Crippen molar-refractivity contribution in [2.45, 2.75) is 27.2 Å². The van der Waals surface area contributed by atoms with Gasteiger partial charge in [0.25, 0.3) is 0 Å². The predicted molar refractivity (Wildman–Crippen MR) is 41.7 cm³/mol. The van der Waals surface area contributed by atoms with Gasteiger partial charge in [0.2, 0.25) is 0 Å². The van der Waals surface area contributed by atoms with Crippen LogP contribution in [0.25, 0.3) is 0 Å². The summed E-state index contributed by atoms with van der Waals surface area (Å²) in [4.78, 5) is 0. The van der Waals surface area contributed by atoms with Gasteiger partial charge in [0, 0.05) is 13.2 Å². The minimum Gasteiger partial charge on any atom is -0.396 e. The number of hydrogen-bond donors (Lipinski definition) is 2. The number of aliphatic hydroxyl groups is 2. The summed E-state index contributed by atoms with van der Waals surface area (Å²) >= 11 is 0. The fourth-order valence-corrected chi connectivity index (χ4v) is 0.782. The third-order valence-electron chi connectivity index (χ3n) is 2.36. The van der Waals surface area contributed by atoms with Crippen LogP contribution >= 0.6 is 0 Å². The summed E-state index contributed by atoms with van der Waals surface area (Å²) in [6, 6.07) is 0. The summed E-state index contributed by atoms with van der Waals surface area (Å²) in [6.45, 7) is 6.52. The molecule has 0 bridgehead atoms. The molecule has 0 aromatic rings. The van der Waals surface area contributed by atoms with E-state index in [-0.39, 0.29) is 24.5 Å². The SMILES string of the molecule is CC(CO)C(C)(C)CCO. The molecule has 0 aromatic carbocycles. The largest absolute Gasteiger partial charge is 0.396 e. The summed E-state index contributed by atoms with van der Waals surface area (Å²) < 4.78 is 0. The molecule has 0 aromatic heterocycles. The Balaban J connectivity index is 3.82. The molecule has 0 rings (SSSR count). The zero-order valence-electron chi connectivity index (χ0n) is 7.09. The molecule has 0 radical (unpaired) electrons. The fourth-order valence-electron chi connectivity index (χ4n) is 0.782. The quantitative estimate of drug-likeness (QED) is 0.621. The molecular formula is C8H18O2. The molecule has 2 heteroatoms. The molecule has 0 aliphatic rings. The van der Waals surface area contributed by atoms with Gasteiger partial charge in [-0.3, -0.25) is 0 Å². The lowest BCUT2D eigenvalue weighted by Gasteiger charge is -2.29. The van der Waals surface area contributed by atoms with Crippen molar-refractivity contribution in [1.82, 2.24) is 0 Å². The van der Waals surface area contributed by atoms with Gasteiger partial charge >= 0.3 is 0 Å². The number of aliphatic hydroxyl groups excluding tert-OH is 2. The fraction of sp³-hybridized carbons (Fsp3) is 1.00. The lowest BCUT2D eigenvalue weighted by molar-refractivity contribution is 0.101. The van der Waals surface area contributed by atoms with Gasteiger partial charge < -0.3 is 10.2 Å². The third-order valence-corrected chi connectivity index (χ3v) is 2.36. The van der Waals surface area contributed by atoms with Gasteiger partial charge in [-0.05, 0) is 17.8 Å². The van der Waals surface area contributed by atoms with Crippen LogP contribution in [0.5, 0.6) is 0 Å². The lowest BCUT2D eigenvalue weighted by atomic mass is 9.78. The first-order chi connectivity index (χ1) is 4.54. The van der Waals surface area contributed by atoms with E-state index in [1.165, 1.54) is 0 Å². The molecule has 0 amide bonds. The minimum atomic E-state index is 0.0590. The van der Waals surface area contributed by atoms with E-state index in [2.05, 4.69) is 13.8 Å². The Morgan fingerprint density at radius 1 is 1.30 bits per heavy atom. The highest BCUT2D eigenvalue weighted by molar-refractivity contribution is 4.73. The van der Waals surface area contributed by atoms with Crippen molar-refractivity contribution in [2.75, 3.05) is 13.2 Å². The zero-order valence-corrected chi connectivity index (χ0v) is 7.09. The van der Waals surface area contributed by atoms with E-state index in [0.29, 0.717) is 0 Å². The molecule has 0 heterocycles. The molecule has 0 aliphatic heterocycles. The second-order valence-corrected chi connectivity index (χ2v) is 3.55. The summed E-state index contributed by atoms with van der Waals surface area (Å²) in [5.74, 6) is 0.264. The molecule has 1 unspecified atom stereocenters. The second-order valence-electron chi connectivity index (χ2n) is 3.55. The Hall–Kier alpha value is -0.0800. The van der Waals surface area contributed by atoms with E-state index >= 15 is 0 Å². The summed E-state index contributed by atoms with van der Waals surface area (Å²) in [6.07, 6.45) is 0.759. The maximum Gasteiger partial charge on any atom is 0.0461 e. The van der Waals surface area contributed by atoms with E-state index in [1.54, 1.807) is 0 Å². The van der Waals surface area contributed by atoms with Crippen molar-refractivity contribution in [1.29, 1.82) is 0 Å². The van der Waals surface area contributed by atoms with Crippen LogP contribution in [0.2, 0.25) is 0 Å². The van der Waals surface area contributed by atoms with E-state index in [0.717, 1.165) is 6.42 Å². The molecule has 0 saturated carbocycles. The van der Waals surface area contributed by atoms with E-state index in [1.807, 2.05) is 6.92 Å². The van der Waals surface area contributed by atoms with Crippen molar-refractivity contribution in [3.8, 4) is 0 Å². The van der Waals surface area contributed by atoms with Gasteiger partial charge in [0.05, 0.1) is 0 Å². The first-order valence-electron chi connectivity index (χ1n) is 3.76. The van der Waals surface area contributed by atoms with Crippen LogP contribution < -0.4 is 0 Å². The maximum absolute atomic E-state index is 8.82. The first-order valence-corrected chi connectivity index (χ1v) is 3.76. The maximum atomic E-state index is 8.82. The molecule has 0 saturated heterocycles. The monoisotopic (exact) mass is 146 g/mol. The molecule has 1 atom stereocenters. The van der Waals surface area contributed by atoms with E-state index < -0.39 is 0 Å². The molecular weight excluding hydrogens is 128 g/mol. The Morgan fingerprint density at radius 3 is 2.10 bits per heavy atom. The van der Waals surface area contributed by atoms with Gasteiger partial charge in [0.1, 0.15) is 0 Å². The van der Waals surface area contributed by atoms with Gasteiger partial charge in [-0.1, -0.05) is 20.8 Å². The predicted octanol–water partition coefficient (Wildman–Crippen LogP) is 1.02. The Kier molecular flexibility index (Phi) is 3.91. The molecule has 10 heavy (non-hydrogen) atoms. The van der Waals surface area contributed by atoms with Crippen molar-refractivity contribution >= 4 is 0 Å². The second kappa shape index (κ2) is 3.94. The highest BCUT2D eigenvalue weighted by Crippen LogP contribution is 2.29. The zero-order chi connectivity index (χ0) is 8.20. The van der Waals surface area contributed by atoms with Crippen LogP contribution in [0.15, 0.2) is 0 Å². The van der Waals surface area contributed by atoms with Gasteiger partial charge in [-0.2, -0.15) is 0 Å². The van der Waals surface area contributed by atoms with Crippen molar-refractivity contribution in [3.05, 3.63) is 0 Å². The smallest absolute Gasteiger partial charge is 0.0461 e. The molecule has 2 nitrogen and oxygen atoms in total. The van der Waals surface area contributed by atoms with Crippen LogP contribution in [0.3, 0.4) is 0 Å². The van der Waals surface area contributed by atoms with Gasteiger partial charge in [-0.25, -0.2) is 0 Å². The Bertz CT molecular complexity index is 89.3. The molecule has 2 N–H and O–H groups in total.